The zero-order valence-corrected chi connectivity index (χ0v) is 13.5. The van der Waals surface area contributed by atoms with Crippen LogP contribution in [0.25, 0.3) is 11.0 Å². The number of hydrogen-bond acceptors (Lipinski definition) is 4. The van der Waals surface area contributed by atoms with Crippen molar-refractivity contribution in [2.45, 2.75) is 4.90 Å². The fourth-order valence-corrected chi connectivity index (χ4v) is 3.13. The molecule has 0 bridgehead atoms. The number of nitrogens with zero attached hydrogens (tertiary/aromatic N) is 2. The molecule has 6 nitrogen and oxygen atoms in total. The van der Waals surface area contributed by atoms with Gasteiger partial charge >= 0.3 is 0 Å². The number of rotatable bonds is 4. The molecule has 0 saturated heterocycles. The summed E-state index contributed by atoms with van der Waals surface area (Å²) >= 11 is 3.47. The number of fused-ring (bicyclic) bond motifs is 1. The maximum absolute atomic E-state index is 11.8. The number of H-pyrrole nitrogens is 1. The van der Waals surface area contributed by atoms with Crippen molar-refractivity contribution in [2.75, 3.05) is 12.4 Å². The van der Waals surface area contributed by atoms with Crippen molar-refractivity contribution in [3.05, 3.63) is 41.3 Å². The molecule has 0 amide bonds. The van der Waals surface area contributed by atoms with E-state index in [9.17, 15) is 4.21 Å². The van der Waals surface area contributed by atoms with Crippen LogP contribution < -0.4 is 10.0 Å². The first-order chi connectivity index (χ1) is 10.2. The van der Waals surface area contributed by atoms with Crippen molar-refractivity contribution in [1.29, 1.82) is 0 Å². The molecule has 8 heteroatoms. The number of nitrogens with one attached hydrogen (secondary N) is 3. The number of halogens is 1. The van der Waals surface area contributed by atoms with E-state index < -0.39 is 11.0 Å². The molecule has 108 valence electrons. The summed E-state index contributed by atoms with van der Waals surface area (Å²) in [6.07, 6.45) is 3.31. The second kappa shape index (κ2) is 5.92. The Labute approximate surface area is 132 Å². The molecular formula is C13H12BrN5OS. The van der Waals surface area contributed by atoms with Gasteiger partial charge in [0.2, 0.25) is 0 Å². The highest BCUT2D eigenvalue weighted by Crippen LogP contribution is 2.29. The minimum absolute atomic E-state index is 0.681. The Kier molecular flexibility index (Phi) is 4.00. The third-order valence-electron chi connectivity index (χ3n) is 2.92. The van der Waals surface area contributed by atoms with Gasteiger partial charge in [-0.1, -0.05) is 6.07 Å². The lowest BCUT2D eigenvalue weighted by Gasteiger charge is -2.08. The minimum atomic E-state index is -1.22. The molecule has 0 radical (unpaired) electrons. The van der Waals surface area contributed by atoms with Gasteiger partial charge in [-0.3, -0.25) is 0 Å². The van der Waals surface area contributed by atoms with E-state index in [0.717, 1.165) is 21.2 Å². The van der Waals surface area contributed by atoms with Crippen LogP contribution in [0, 0.1) is 0 Å². The van der Waals surface area contributed by atoms with Gasteiger partial charge in [-0.25, -0.2) is 18.9 Å². The van der Waals surface area contributed by atoms with E-state index in [0.29, 0.717) is 10.7 Å². The Bertz CT molecular complexity index is 819. The van der Waals surface area contributed by atoms with Gasteiger partial charge in [-0.05, 0) is 41.2 Å². The van der Waals surface area contributed by atoms with Crippen molar-refractivity contribution in [3.8, 4) is 0 Å². The third-order valence-corrected chi connectivity index (χ3v) is 4.60. The van der Waals surface area contributed by atoms with Gasteiger partial charge in [0.25, 0.3) is 0 Å². The van der Waals surface area contributed by atoms with E-state index in [-0.39, 0.29) is 0 Å². The van der Waals surface area contributed by atoms with E-state index in [1.807, 2.05) is 24.4 Å². The number of hydrogen-bond donors (Lipinski definition) is 3. The topological polar surface area (TPSA) is 82.7 Å². The molecule has 1 unspecified atom stereocenters. The Morgan fingerprint density at radius 3 is 3.00 bits per heavy atom. The highest BCUT2D eigenvalue weighted by Gasteiger charge is 2.10. The van der Waals surface area contributed by atoms with Crippen LogP contribution in [0.3, 0.4) is 0 Å². The maximum atomic E-state index is 11.8. The lowest BCUT2D eigenvalue weighted by molar-refractivity contribution is 0.678. The van der Waals surface area contributed by atoms with Gasteiger partial charge in [-0.15, -0.1) is 0 Å². The predicted octanol–water partition coefficient (Wildman–Crippen LogP) is 2.71. The molecule has 21 heavy (non-hydrogen) atoms. The number of benzene rings is 1. The summed E-state index contributed by atoms with van der Waals surface area (Å²) in [5, 5.41) is 4.10. The number of aromatic nitrogens is 3. The molecule has 0 aliphatic rings. The molecule has 3 rings (SSSR count). The SMILES string of the molecule is CNS(=O)c1cccc(Nc2ncnc3[nH]cc(Br)c23)c1. The van der Waals surface area contributed by atoms with Crippen molar-refractivity contribution < 1.29 is 4.21 Å². The van der Waals surface area contributed by atoms with Crippen LogP contribution in [0.4, 0.5) is 11.5 Å². The van der Waals surface area contributed by atoms with Gasteiger partial charge in [0.05, 0.1) is 10.3 Å². The maximum Gasteiger partial charge on any atom is 0.144 e. The molecule has 0 saturated carbocycles. The molecule has 2 aromatic heterocycles. The monoisotopic (exact) mass is 365 g/mol. The summed E-state index contributed by atoms with van der Waals surface area (Å²) in [4.78, 5) is 12.2. The van der Waals surface area contributed by atoms with E-state index in [4.69, 9.17) is 0 Å². The van der Waals surface area contributed by atoms with Gasteiger partial charge in [0.1, 0.15) is 28.8 Å². The third kappa shape index (κ3) is 2.82. The second-order valence-corrected chi connectivity index (χ2v) is 6.48. The first-order valence-electron chi connectivity index (χ1n) is 6.13. The normalized spacial score (nSPS) is 12.5. The summed E-state index contributed by atoms with van der Waals surface area (Å²) in [7, 11) is 0.433. The summed E-state index contributed by atoms with van der Waals surface area (Å²) in [5.41, 5.74) is 1.55. The predicted molar refractivity (Wildman–Crippen MR) is 86.8 cm³/mol. The van der Waals surface area contributed by atoms with Gasteiger partial charge in [0.15, 0.2) is 0 Å². The lowest BCUT2D eigenvalue weighted by Crippen LogP contribution is -2.10. The Morgan fingerprint density at radius 1 is 1.33 bits per heavy atom. The minimum Gasteiger partial charge on any atom is -0.345 e. The highest BCUT2D eigenvalue weighted by atomic mass is 79.9. The van der Waals surface area contributed by atoms with Crippen LogP contribution in [-0.4, -0.2) is 26.2 Å². The Morgan fingerprint density at radius 2 is 2.19 bits per heavy atom. The molecule has 1 aromatic carbocycles. The summed E-state index contributed by atoms with van der Waals surface area (Å²) in [6, 6.07) is 7.36. The van der Waals surface area contributed by atoms with Crippen LogP contribution in [-0.2, 0) is 11.0 Å². The van der Waals surface area contributed by atoms with E-state index >= 15 is 0 Å². The van der Waals surface area contributed by atoms with Crippen molar-refractivity contribution in [1.82, 2.24) is 19.7 Å². The van der Waals surface area contributed by atoms with E-state index in [1.165, 1.54) is 6.33 Å². The quantitative estimate of drug-likeness (QED) is 0.663. The average Bonchev–Trinajstić information content (AvgIpc) is 2.89. The molecule has 2 heterocycles. The molecule has 1 atom stereocenters. The average molecular weight is 366 g/mol. The van der Waals surface area contributed by atoms with Crippen molar-refractivity contribution in [3.63, 3.8) is 0 Å². The van der Waals surface area contributed by atoms with Crippen LogP contribution in [0.15, 0.2) is 46.2 Å². The molecule has 3 aromatic rings. The standard InChI is InChI=1S/C13H12BrN5OS/c1-15-21(20)9-4-2-3-8(5-9)19-13-11-10(14)6-16-12(11)17-7-18-13/h2-7,15H,1H3,(H2,16,17,18,19). The molecule has 0 aliphatic heterocycles. The number of aromatic amines is 1. The zero-order valence-electron chi connectivity index (χ0n) is 11.1. The smallest absolute Gasteiger partial charge is 0.144 e. The largest absolute Gasteiger partial charge is 0.345 e. The van der Waals surface area contributed by atoms with E-state index in [1.54, 1.807) is 13.1 Å². The zero-order chi connectivity index (χ0) is 14.8. The lowest BCUT2D eigenvalue weighted by atomic mass is 10.3. The molecule has 3 N–H and O–H groups in total. The molecule has 0 aliphatic carbocycles. The first-order valence-corrected chi connectivity index (χ1v) is 8.07. The fraction of sp³-hybridized carbons (Fsp3) is 0.0769. The summed E-state index contributed by atoms with van der Waals surface area (Å²) in [5.74, 6) is 0.681. The van der Waals surface area contributed by atoms with Crippen molar-refractivity contribution in [2.24, 2.45) is 0 Å². The van der Waals surface area contributed by atoms with Crippen LogP contribution in [0.1, 0.15) is 0 Å². The van der Waals surface area contributed by atoms with E-state index in [2.05, 4.69) is 40.9 Å². The summed E-state index contributed by atoms with van der Waals surface area (Å²) in [6.45, 7) is 0. The van der Waals surface area contributed by atoms with Crippen molar-refractivity contribution >= 4 is 49.5 Å². The first kappa shape index (κ1) is 14.2. The Balaban J connectivity index is 1.99. The highest BCUT2D eigenvalue weighted by molar-refractivity contribution is 9.10. The molecule has 0 spiro atoms. The summed E-state index contributed by atoms with van der Waals surface area (Å²) < 4.78 is 15.4. The van der Waals surface area contributed by atoms with Crippen LogP contribution >= 0.6 is 15.9 Å². The molecular weight excluding hydrogens is 354 g/mol. The van der Waals surface area contributed by atoms with Gasteiger partial charge in [-0.2, -0.15) is 0 Å². The second-order valence-electron chi connectivity index (χ2n) is 4.21. The fourth-order valence-electron chi connectivity index (χ4n) is 1.96. The van der Waals surface area contributed by atoms with Gasteiger partial charge < -0.3 is 10.3 Å². The van der Waals surface area contributed by atoms with Gasteiger partial charge in [0, 0.05) is 16.4 Å². The Hall–Kier alpha value is -1.77. The molecule has 0 fully saturated rings. The number of anilines is 2. The van der Waals surface area contributed by atoms with Crippen LogP contribution in [0.2, 0.25) is 0 Å². The van der Waals surface area contributed by atoms with Crippen LogP contribution in [0.5, 0.6) is 0 Å².